The molecule has 0 bridgehead atoms. The van der Waals surface area contributed by atoms with Crippen LogP contribution in [0.1, 0.15) is 73.6 Å². The molecule has 4 fully saturated rings. The zero-order valence-corrected chi connectivity index (χ0v) is 38.5. The summed E-state index contributed by atoms with van der Waals surface area (Å²) in [6.07, 6.45) is 16.8. The second kappa shape index (κ2) is 23.0. The first-order chi connectivity index (χ1) is 33.4. The van der Waals surface area contributed by atoms with E-state index in [1.807, 2.05) is 66.7 Å². The van der Waals surface area contributed by atoms with Crippen LogP contribution in [0.15, 0.2) is 170 Å². The number of nitrogens with one attached hydrogen (secondary N) is 4. The fourth-order valence-electron chi connectivity index (χ4n) is 7.58. The molecule has 0 aliphatic heterocycles. The lowest BCUT2D eigenvalue weighted by Gasteiger charge is -2.10. The number of methoxy groups -OCH3 is 1. The highest BCUT2D eigenvalue weighted by Gasteiger charge is 2.23. The van der Waals surface area contributed by atoms with Gasteiger partial charge >= 0.3 is 0 Å². The maximum atomic E-state index is 13.7. The summed E-state index contributed by atoms with van der Waals surface area (Å²) in [6, 6.07) is 42.7. The molecular formula is C57H60F2N4O5. The van der Waals surface area contributed by atoms with E-state index in [1.165, 1.54) is 74.6 Å². The van der Waals surface area contributed by atoms with Crippen molar-refractivity contribution in [1.29, 1.82) is 0 Å². The molecule has 352 valence electrons. The first-order valence-corrected chi connectivity index (χ1v) is 23.9. The van der Waals surface area contributed by atoms with Crippen LogP contribution >= 0.6 is 0 Å². The molecule has 0 atom stereocenters. The van der Waals surface area contributed by atoms with E-state index in [4.69, 9.17) is 22.4 Å². The van der Waals surface area contributed by atoms with Gasteiger partial charge in [-0.1, -0.05) is 24.3 Å². The number of hydrogen-bond acceptors (Lipinski definition) is 9. The van der Waals surface area contributed by atoms with Crippen molar-refractivity contribution in [1.82, 2.24) is 21.3 Å². The molecule has 4 saturated carbocycles. The molecule has 11 heteroatoms. The molecule has 4 heterocycles. The fraction of sp³-hybridized carbons (Fsp3) is 0.298. The van der Waals surface area contributed by atoms with Crippen LogP contribution in [0.3, 0.4) is 0 Å². The predicted octanol–water partition coefficient (Wildman–Crippen LogP) is 13.1. The van der Waals surface area contributed by atoms with Crippen LogP contribution in [0.25, 0.3) is 45.3 Å². The van der Waals surface area contributed by atoms with Crippen LogP contribution < -0.4 is 26.0 Å². The Morgan fingerprint density at radius 3 is 1.37 bits per heavy atom. The van der Waals surface area contributed by atoms with Crippen molar-refractivity contribution in [2.75, 3.05) is 7.11 Å². The van der Waals surface area contributed by atoms with Gasteiger partial charge in [-0.05, 0) is 166 Å². The van der Waals surface area contributed by atoms with Gasteiger partial charge in [0.05, 0.1) is 37.7 Å². The minimum atomic E-state index is -0.241. The standard InChI is InChI=1S/C15H17NO2.2C14H14FNO.C14H15NO/c1-17-14-7-4-11(15-3-2-8-18-15)9-12(14)10-16-13-5-6-13;15-13-6-3-10(14-2-1-7-17-14)8-11(13)9-16-12-4-5-12;15-13-6-3-10(9-16-11-4-5-11)8-12(13)14-2-1-7-17-14;1-3-11(10-15-13-6-7-13)9-12(4-1)14-5-2-8-16-14/h2-4,7-9,13,16H,5-6,10H2,1H3;1-3,6-8,12,16H,4-5,9H2;1-3,6-8,11,16H,4-5,9H2;1-5,8-9,13,15H,6-7,10H2. The van der Waals surface area contributed by atoms with Gasteiger partial charge in [0, 0.05) is 78.2 Å². The average molecular weight is 919 g/mol. The largest absolute Gasteiger partial charge is 0.496 e. The van der Waals surface area contributed by atoms with Crippen molar-refractivity contribution in [2.24, 2.45) is 0 Å². The Balaban J connectivity index is 0.000000113. The van der Waals surface area contributed by atoms with Crippen molar-refractivity contribution < 1.29 is 31.2 Å². The number of halogens is 2. The van der Waals surface area contributed by atoms with Gasteiger partial charge in [0.25, 0.3) is 0 Å². The highest BCUT2D eigenvalue weighted by molar-refractivity contribution is 5.62. The van der Waals surface area contributed by atoms with Gasteiger partial charge < -0.3 is 43.7 Å². The normalized spacial score (nSPS) is 15.0. The fourth-order valence-corrected chi connectivity index (χ4v) is 7.58. The minimum absolute atomic E-state index is 0.159. The maximum Gasteiger partial charge on any atom is 0.136 e. The molecule has 4 aromatic heterocycles. The Kier molecular flexibility index (Phi) is 15.8. The second-order valence-corrected chi connectivity index (χ2v) is 17.9. The quantitative estimate of drug-likeness (QED) is 0.0710. The number of furan rings is 4. The highest BCUT2D eigenvalue weighted by atomic mass is 19.1. The summed E-state index contributed by atoms with van der Waals surface area (Å²) in [5.74, 6) is 3.72. The van der Waals surface area contributed by atoms with Gasteiger partial charge in [-0.25, -0.2) is 8.78 Å². The van der Waals surface area contributed by atoms with Gasteiger partial charge in [0.15, 0.2) is 0 Å². The van der Waals surface area contributed by atoms with Crippen molar-refractivity contribution in [3.8, 4) is 51.0 Å². The summed E-state index contributed by atoms with van der Waals surface area (Å²) in [6.45, 7) is 3.19. The van der Waals surface area contributed by atoms with E-state index in [2.05, 4.69) is 51.6 Å². The van der Waals surface area contributed by atoms with Crippen LogP contribution in [-0.2, 0) is 26.2 Å². The van der Waals surface area contributed by atoms with Gasteiger partial charge in [-0.3, -0.25) is 0 Å². The number of ether oxygens (including phenoxy) is 1. The van der Waals surface area contributed by atoms with E-state index in [-0.39, 0.29) is 11.6 Å². The lowest BCUT2D eigenvalue weighted by atomic mass is 10.1. The summed E-state index contributed by atoms with van der Waals surface area (Å²) in [5.41, 5.74) is 7.98. The highest BCUT2D eigenvalue weighted by Crippen LogP contribution is 2.30. The van der Waals surface area contributed by atoms with E-state index in [1.54, 1.807) is 50.4 Å². The monoisotopic (exact) mass is 918 g/mol. The van der Waals surface area contributed by atoms with Gasteiger partial charge in [0.1, 0.15) is 40.4 Å². The van der Waals surface area contributed by atoms with Crippen molar-refractivity contribution >= 4 is 0 Å². The first-order valence-electron chi connectivity index (χ1n) is 23.9. The Labute approximate surface area is 397 Å². The zero-order valence-electron chi connectivity index (χ0n) is 38.5. The molecule has 4 aliphatic rings. The topological polar surface area (TPSA) is 110 Å². The van der Waals surface area contributed by atoms with Crippen LogP contribution in [0.5, 0.6) is 5.75 Å². The molecule has 68 heavy (non-hydrogen) atoms. The first kappa shape index (κ1) is 46.6. The molecule has 0 radical (unpaired) electrons. The summed E-state index contributed by atoms with van der Waals surface area (Å²) < 4.78 is 54.0. The third kappa shape index (κ3) is 14.0. The SMILES string of the molecule is COc1ccc(-c2ccco2)cc1CNC1CC1.Fc1ccc(-c2ccco2)cc1CNC1CC1.Fc1ccc(CNC2CC2)cc1-c1ccco1.c1cc(CNC2CC2)cc(-c2ccco2)c1. The second-order valence-electron chi connectivity index (χ2n) is 17.9. The third-order valence-corrected chi connectivity index (χ3v) is 12.1. The molecular weight excluding hydrogens is 859 g/mol. The Hall–Kier alpha value is -6.50. The van der Waals surface area contributed by atoms with Gasteiger partial charge in [0.2, 0.25) is 0 Å². The molecule has 0 unspecified atom stereocenters. The molecule has 0 saturated heterocycles. The van der Waals surface area contributed by atoms with Gasteiger partial charge in [-0.2, -0.15) is 0 Å². The van der Waals surface area contributed by atoms with Crippen LogP contribution in [0.2, 0.25) is 0 Å². The molecule has 9 nitrogen and oxygen atoms in total. The van der Waals surface area contributed by atoms with Crippen LogP contribution in [0.4, 0.5) is 8.78 Å². The number of rotatable bonds is 17. The van der Waals surface area contributed by atoms with E-state index < -0.39 is 0 Å². The number of benzene rings is 4. The van der Waals surface area contributed by atoms with Crippen LogP contribution in [-0.4, -0.2) is 31.3 Å². The number of hydrogen-bond donors (Lipinski definition) is 4. The molecule has 12 rings (SSSR count). The maximum absolute atomic E-state index is 13.7. The lowest BCUT2D eigenvalue weighted by Crippen LogP contribution is -2.16. The Bertz CT molecular complexity index is 2740. The summed E-state index contributed by atoms with van der Waals surface area (Å²) >= 11 is 0. The van der Waals surface area contributed by atoms with Crippen LogP contribution in [0, 0.1) is 11.6 Å². The van der Waals surface area contributed by atoms with Crippen molar-refractivity contribution in [3.05, 3.63) is 186 Å². The molecule has 8 aromatic rings. The van der Waals surface area contributed by atoms with E-state index >= 15 is 0 Å². The zero-order chi connectivity index (χ0) is 46.5. The van der Waals surface area contributed by atoms with Crippen molar-refractivity contribution in [2.45, 2.75) is 102 Å². The average Bonchev–Trinajstić information content (AvgIpc) is 4.36. The Morgan fingerprint density at radius 1 is 0.426 bits per heavy atom. The van der Waals surface area contributed by atoms with Gasteiger partial charge in [-0.15, -0.1) is 0 Å². The van der Waals surface area contributed by atoms with E-state index in [9.17, 15) is 8.78 Å². The van der Waals surface area contributed by atoms with E-state index in [0.717, 1.165) is 71.0 Å². The van der Waals surface area contributed by atoms with E-state index in [0.29, 0.717) is 41.6 Å². The molecule has 0 spiro atoms. The smallest absolute Gasteiger partial charge is 0.136 e. The van der Waals surface area contributed by atoms with Crippen molar-refractivity contribution in [3.63, 3.8) is 0 Å². The summed E-state index contributed by atoms with van der Waals surface area (Å²) in [4.78, 5) is 0. The molecule has 0 amide bonds. The predicted molar refractivity (Wildman–Crippen MR) is 262 cm³/mol. The summed E-state index contributed by atoms with van der Waals surface area (Å²) in [7, 11) is 1.71. The third-order valence-electron chi connectivity index (χ3n) is 12.1. The minimum Gasteiger partial charge on any atom is -0.496 e. The Morgan fingerprint density at radius 2 is 0.868 bits per heavy atom. The molecule has 4 aromatic carbocycles. The molecule has 4 aliphatic carbocycles. The molecule has 4 N–H and O–H groups in total. The summed E-state index contributed by atoms with van der Waals surface area (Å²) in [5, 5.41) is 13.8. The lowest BCUT2D eigenvalue weighted by molar-refractivity contribution is 0.407.